The van der Waals surface area contributed by atoms with E-state index in [1.165, 1.54) is 0 Å². The lowest BCUT2D eigenvalue weighted by molar-refractivity contribution is -0.123. The fourth-order valence-electron chi connectivity index (χ4n) is 3.19. The summed E-state index contributed by atoms with van der Waals surface area (Å²) in [6.07, 6.45) is 0. The Morgan fingerprint density at radius 2 is 1.86 bits per heavy atom. The number of aliphatic hydroxyl groups excluding tert-OH is 1. The normalized spacial score (nSPS) is 13.6. The van der Waals surface area contributed by atoms with Gasteiger partial charge >= 0.3 is 0 Å². The molecular formula is C21H26N4O3. The molecule has 0 saturated heterocycles. The number of pyridine rings is 1. The van der Waals surface area contributed by atoms with Gasteiger partial charge < -0.3 is 20.7 Å². The molecule has 2 amide bonds. The number of carbonyl (C=O) groups is 2. The number of para-hydroxylation sites is 1. The third-order valence-electron chi connectivity index (χ3n) is 4.98. The van der Waals surface area contributed by atoms with E-state index in [0.29, 0.717) is 0 Å². The molecule has 2 unspecified atom stereocenters. The Balaban J connectivity index is 1.81. The Kier molecular flexibility index (Phi) is 5.65. The van der Waals surface area contributed by atoms with Crippen LogP contribution in [0.25, 0.3) is 21.8 Å². The third kappa shape index (κ3) is 3.84. The van der Waals surface area contributed by atoms with Crippen LogP contribution in [0, 0.1) is 12.8 Å². The molecule has 2 heterocycles. The quantitative estimate of drug-likeness (QED) is 0.525. The molecule has 2 atom stereocenters. The van der Waals surface area contributed by atoms with Gasteiger partial charge in [-0.05, 0) is 31.9 Å². The van der Waals surface area contributed by atoms with Crippen LogP contribution in [0.5, 0.6) is 0 Å². The number of benzene rings is 1. The van der Waals surface area contributed by atoms with Crippen LogP contribution in [0.1, 0.15) is 37.0 Å². The highest BCUT2D eigenvalue weighted by molar-refractivity contribution is 6.10. The van der Waals surface area contributed by atoms with Crippen LogP contribution in [0.15, 0.2) is 30.3 Å². The third-order valence-corrected chi connectivity index (χ3v) is 4.98. The van der Waals surface area contributed by atoms with Crippen LogP contribution in [-0.2, 0) is 4.79 Å². The maximum absolute atomic E-state index is 12.7. The molecule has 1 aromatic carbocycles. The molecule has 0 radical (unpaired) electrons. The molecule has 3 aromatic rings. The minimum Gasteiger partial charge on any atom is -0.394 e. The molecule has 4 N–H and O–H groups in total. The molecule has 3 rings (SSSR count). The standard InChI is InChI=1S/C21H26N4O3/c1-11(2)18(10-26)25-20(27)13(4)23-21(28)17-9-15-14-7-5-6-8-16(14)24-19(15)12(3)22-17/h5-9,11,13,18,24,26H,10H2,1-4H3,(H,23,28)(H,25,27). The molecule has 0 spiro atoms. The number of H-pyrrole nitrogens is 1. The first-order chi connectivity index (χ1) is 13.3. The molecule has 2 aromatic heterocycles. The predicted octanol–water partition coefficient (Wildman–Crippen LogP) is 2.28. The molecule has 0 aliphatic carbocycles. The number of hydrogen-bond donors (Lipinski definition) is 4. The predicted molar refractivity (Wildman–Crippen MR) is 109 cm³/mol. The number of nitrogens with zero attached hydrogens (tertiary/aromatic N) is 1. The lowest BCUT2D eigenvalue weighted by atomic mass is 10.1. The first kappa shape index (κ1) is 19.8. The van der Waals surface area contributed by atoms with Gasteiger partial charge in [0.15, 0.2) is 0 Å². The lowest BCUT2D eigenvalue weighted by Crippen LogP contribution is -2.50. The van der Waals surface area contributed by atoms with Crippen LogP contribution in [0.3, 0.4) is 0 Å². The number of aromatic nitrogens is 2. The van der Waals surface area contributed by atoms with E-state index < -0.39 is 11.9 Å². The molecule has 7 heteroatoms. The van der Waals surface area contributed by atoms with Crippen molar-refractivity contribution in [3.05, 3.63) is 41.7 Å². The fourth-order valence-corrected chi connectivity index (χ4v) is 3.19. The van der Waals surface area contributed by atoms with Gasteiger partial charge in [-0.2, -0.15) is 0 Å². The minimum atomic E-state index is -0.749. The van der Waals surface area contributed by atoms with E-state index in [1.54, 1.807) is 13.0 Å². The second kappa shape index (κ2) is 7.98. The number of fused-ring (bicyclic) bond motifs is 3. The lowest BCUT2D eigenvalue weighted by Gasteiger charge is -2.22. The van der Waals surface area contributed by atoms with E-state index >= 15 is 0 Å². The Hall–Kier alpha value is -2.93. The van der Waals surface area contributed by atoms with Crippen molar-refractivity contribution in [2.24, 2.45) is 5.92 Å². The van der Waals surface area contributed by atoms with Crippen LogP contribution >= 0.6 is 0 Å². The number of aryl methyl sites for hydroxylation is 1. The Morgan fingerprint density at radius 1 is 1.14 bits per heavy atom. The zero-order valence-corrected chi connectivity index (χ0v) is 16.5. The number of nitrogens with one attached hydrogen (secondary N) is 3. The Bertz CT molecular complexity index is 1030. The van der Waals surface area contributed by atoms with Crippen LogP contribution in [0.4, 0.5) is 0 Å². The van der Waals surface area contributed by atoms with Gasteiger partial charge in [0.05, 0.1) is 23.9 Å². The van der Waals surface area contributed by atoms with E-state index in [9.17, 15) is 14.7 Å². The number of hydrogen-bond acceptors (Lipinski definition) is 4. The average Bonchev–Trinajstić information content (AvgIpc) is 3.05. The maximum Gasteiger partial charge on any atom is 0.270 e. The van der Waals surface area contributed by atoms with E-state index in [2.05, 4.69) is 20.6 Å². The average molecular weight is 382 g/mol. The summed E-state index contributed by atoms with van der Waals surface area (Å²) in [4.78, 5) is 32.8. The molecule has 0 aliphatic rings. The number of carbonyl (C=O) groups excluding carboxylic acids is 2. The smallest absolute Gasteiger partial charge is 0.270 e. The summed E-state index contributed by atoms with van der Waals surface area (Å²) in [5.41, 5.74) is 2.86. The van der Waals surface area contributed by atoms with Gasteiger partial charge in [0.2, 0.25) is 5.91 Å². The summed E-state index contributed by atoms with van der Waals surface area (Å²) in [6, 6.07) is 8.51. The SMILES string of the molecule is Cc1nc(C(=O)NC(C)C(=O)NC(CO)C(C)C)cc2c1[nH]c1ccccc12. The van der Waals surface area contributed by atoms with E-state index in [-0.39, 0.29) is 30.2 Å². The van der Waals surface area contributed by atoms with E-state index in [1.807, 2.05) is 45.0 Å². The first-order valence-corrected chi connectivity index (χ1v) is 9.42. The number of rotatable bonds is 6. The Morgan fingerprint density at radius 3 is 2.54 bits per heavy atom. The van der Waals surface area contributed by atoms with Crippen molar-refractivity contribution in [3.63, 3.8) is 0 Å². The highest BCUT2D eigenvalue weighted by Gasteiger charge is 2.22. The van der Waals surface area contributed by atoms with Gasteiger partial charge in [-0.3, -0.25) is 9.59 Å². The summed E-state index contributed by atoms with van der Waals surface area (Å²) in [5.74, 6) is -0.667. The monoisotopic (exact) mass is 382 g/mol. The Labute approximate surface area is 163 Å². The number of aliphatic hydroxyl groups is 1. The van der Waals surface area contributed by atoms with Crippen molar-refractivity contribution in [1.82, 2.24) is 20.6 Å². The van der Waals surface area contributed by atoms with Gasteiger partial charge in [-0.15, -0.1) is 0 Å². The van der Waals surface area contributed by atoms with Gasteiger partial charge in [-0.1, -0.05) is 32.0 Å². The molecule has 0 fully saturated rings. The molecule has 0 saturated carbocycles. The largest absolute Gasteiger partial charge is 0.394 e. The molecule has 148 valence electrons. The van der Waals surface area contributed by atoms with Crippen molar-refractivity contribution in [3.8, 4) is 0 Å². The topological polar surface area (TPSA) is 107 Å². The second-order valence-corrected chi connectivity index (χ2v) is 7.42. The maximum atomic E-state index is 12.7. The minimum absolute atomic E-state index is 0.0884. The van der Waals surface area contributed by atoms with Crippen molar-refractivity contribution in [2.75, 3.05) is 6.61 Å². The highest BCUT2D eigenvalue weighted by atomic mass is 16.3. The molecule has 0 aliphatic heterocycles. The molecular weight excluding hydrogens is 356 g/mol. The molecule has 28 heavy (non-hydrogen) atoms. The van der Waals surface area contributed by atoms with Gasteiger partial charge in [0, 0.05) is 16.3 Å². The summed E-state index contributed by atoms with van der Waals surface area (Å²) in [7, 11) is 0. The molecule has 7 nitrogen and oxygen atoms in total. The van der Waals surface area contributed by atoms with Crippen molar-refractivity contribution < 1.29 is 14.7 Å². The van der Waals surface area contributed by atoms with Crippen molar-refractivity contribution in [2.45, 2.75) is 39.8 Å². The fraction of sp³-hybridized carbons (Fsp3) is 0.381. The summed E-state index contributed by atoms with van der Waals surface area (Å²) in [6.45, 7) is 7.13. The zero-order valence-electron chi connectivity index (χ0n) is 16.5. The van der Waals surface area contributed by atoms with Gasteiger partial charge in [-0.25, -0.2) is 4.98 Å². The van der Waals surface area contributed by atoms with Crippen LogP contribution in [-0.4, -0.2) is 45.6 Å². The van der Waals surface area contributed by atoms with Gasteiger partial charge in [0.25, 0.3) is 5.91 Å². The summed E-state index contributed by atoms with van der Waals surface area (Å²) in [5, 5.41) is 16.8. The van der Waals surface area contributed by atoms with E-state index in [4.69, 9.17) is 0 Å². The first-order valence-electron chi connectivity index (χ1n) is 9.42. The zero-order chi connectivity index (χ0) is 20.4. The van der Waals surface area contributed by atoms with Gasteiger partial charge in [0.1, 0.15) is 11.7 Å². The molecule has 0 bridgehead atoms. The van der Waals surface area contributed by atoms with E-state index in [0.717, 1.165) is 27.5 Å². The van der Waals surface area contributed by atoms with Crippen LogP contribution in [0.2, 0.25) is 0 Å². The van der Waals surface area contributed by atoms with Crippen LogP contribution < -0.4 is 10.6 Å². The summed E-state index contributed by atoms with van der Waals surface area (Å²) >= 11 is 0. The number of aromatic amines is 1. The second-order valence-electron chi connectivity index (χ2n) is 7.42. The summed E-state index contributed by atoms with van der Waals surface area (Å²) < 4.78 is 0. The van der Waals surface area contributed by atoms with Crippen molar-refractivity contribution in [1.29, 1.82) is 0 Å². The number of amides is 2. The van der Waals surface area contributed by atoms with Crippen molar-refractivity contribution >= 4 is 33.6 Å². The highest BCUT2D eigenvalue weighted by Crippen LogP contribution is 2.27.